The first-order valence-electron chi connectivity index (χ1n) is 4.69. The van der Waals surface area contributed by atoms with Gasteiger partial charge in [0.15, 0.2) is 9.84 Å². The summed E-state index contributed by atoms with van der Waals surface area (Å²) in [5.41, 5.74) is -0.157. The van der Waals surface area contributed by atoms with E-state index in [2.05, 4.69) is 15.9 Å². The Bertz CT molecular complexity index is 546. The molecule has 1 aromatic rings. The molecule has 1 aliphatic carbocycles. The summed E-state index contributed by atoms with van der Waals surface area (Å²) in [6, 6.07) is 4.19. The van der Waals surface area contributed by atoms with Crippen LogP contribution in [0.1, 0.15) is 23.2 Å². The van der Waals surface area contributed by atoms with Gasteiger partial charge in [0, 0.05) is 4.47 Å². The van der Waals surface area contributed by atoms with Gasteiger partial charge in [-0.15, -0.1) is 0 Å². The molecule has 0 saturated heterocycles. The van der Waals surface area contributed by atoms with Gasteiger partial charge in [-0.1, -0.05) is 15.9 Å². The molecule has 0 aliphatic heterocycles. The Morgan fingerprint density at radius 3 is 2.50 bits per heavy atom. The van der Waals surface area contributed by atoms with Gasteiger partial charge in [0.25, 0.3) is 0 Å². The van der Waals surface area contributed by atoms with Gasteiger partial charge in [-0.05, 0) is 31.0 Å². The molecule has 86 valence electrons. The lowest BCUT2D eigenvalue weighted by molar-refractivity contribution is 0.0692. The maximum atomic E-state index is 12.0. The molecule has 6 heteroatoms. The summed E-state index contributed by atoms with van der Waals surface area (Å²) < 4.78 is 24.5. The van der Waals surface area contributed by atoms with Crippen molar-refractivity contribution in [1.29, 1.82) is 0 Å². The SMILES string of the molecule is O=C(O)c1ccc(Br)cc1S(=O)(=O)C1CC1. The van der Waals surface area contributed by atoms with Crippen LogP contribution in [-0.2, 0) is 9.84 Å². The number of carboxylic acids is 1. The topological polar surface area (TPSA) is 71.4 Å². The normalized spacial score (nSPS) is 16.1. The number of carbonyl (C=O) groups is 1. The second kappa shape index (κ2) is 3.85. The van der Waals surface area contributed by atoms with Crippen molar-refractivity contribution in [2.45, 2.75) is 23.0 Å². The van der Waals surface area contributed by atoms with Gasteiger partial charge < -0.3 is 5.11 Å². The van der Waals surface area contributed by atoms with Crippen LogP contribution in [0.3, 0.4) is 0 Å². The van der Waals surface area contributed by atoms with Crippen molar-refractivity contribution in [3.05, 3.63) is 28.2 Å². The third-order valence-corrected chi connectivity index (χ3v) is 5.24. The van der Waals surface area contributed by atoms with Crippen LogP contribution >= 0.6 is 15.9 Å². The third-order valence-electron chi connectivity index (χ3n) is 2.44. The van der Waals surface area contributed by atoms with E-state index in [0.717, 1.165) is 0 Å². The van der Waals surface area contributed by atoms with Crippen LogP contribution in [0.5, 0.6) is 0 Å². The van der Waals surface area contributed by atoms with Gasteiger partial charge >= 0.3 is 5.97 Å². The number of hydrogen-bond donors (Lipinski definition) is 1. The molecule has 0 unspecified atom stereocenters. The first kappa shape index (κ1) is 11.6. The molecule has 4 nitrogen and oxygen atoms in total. The number of hydrogen-bond acceptors (Lipinski definition) is 3. The summed E-state index contributed by atoms with van der Waals surface area (Å²) in [6.45, 7) is 0. The van der Waals surface area contributed by atoms with E-state index in [1.54, 1.807) is 0 Å². The minimum atomic E-state index is -3.47. The van der Waals surface area contributed by atoms with Crippen LogP contribution < -0.4 is 0 Å². The molecule has 2 rings (SSSR count). The largest absolute Gasteiger partial charge is 0.478 e. The number of benzene rings is 1. The molecule has 0 radical (unpaired) electrons. The van der Waals surface area contributed by atoms with Crippen molar-refractivity contribution in [1.82, 2.24) is 0 Å². The summed E-state index contributed by atoms with van der Waals surface area (Å²) >= 11 is 3.15. The minimum absolute atomic E-state index is 0.0862. The summed E-state index contributed by atoms with van der Waals surface area (Å²) in [7, 11) is -3.47. The van der Waals surface area contributed by atoms with E-state index in [-0.39, 0.29) is 10.5 Å². The van der Waals surface area contributed by atoms with Crippen molar-refractivity contribution in [3.63, 3.8) is 0 Å². The average Bonchev–Trinajstić information content (AvgIpc) is 3.00. The van der Waals surface area contributed by atoms with Crippen molar-refractivity contribution < 1.29 is 18.3 Å². The fraction of sp³-hybridized carbons (Fsp3) is 0.300. The van der Waals surface area contributed by atoms with Gasteiger partial charge in [0.2, 0.25) is 0 Å². The average molecular weight is 305 g/mol. The molecule has 1 saturated carbocycles. The second-order valence-electron chi connectivity index (χ2n) is 3.69. The lowest BCUT2D eigenvalue weighted by atomic mass is 10.2. The predicted molar refractivity (Wildman–Crippen MR) is 61.3 cm³/mol. The van der Waals surface area contributed by atoms with E-state index in [9.17, 15) is 13.2 Å². The first-order chi connectivity index (χ1) is 7.43. The summed E-state index contributed by atoms with van der Waals surface area (Å²) in [5.74, 6) is -1.22. The highest BCUT2D eigenvalue weighted by molar-refractivity contribution is 9.10. The second-order valence-corrected chi connectivity index (χ2v) is 6.80. The van der Waals surface area contributed by atoms with Crippen molar-refractivity contribution in [2.24, 2.45) is 0 Å². The maximum absolute atomic E-state index is 12.0. The van der Waals surface area contributed by atoms with Crippen molar-refractivity contribution in [2.75, 3.05) is 0 Å². The molecule has 0 heterocycles. The molecule has 0 aromatic heterocycles. The van der Waals surface area contributed by atoms with Gasteiger partial charge in [-0.25, -0.2) is 13.2 Å². The zero-order valence-electron chi connectivity index (χ0n) is 8.18. The number of sulfone groups is 1. The molecule has 1 aromatic carbocycles. The van der Waals surface area contributed by atoms with Crippen LogP contribution in [0, 0.1) is 0 Å². The summed E-state index contributed by atoms with van der Waals surface area (Å²) in [4.78, 5) is 10.9. The molecule has 1 aliphatic rings. The summed E-state index contributed by atoms with van der Waals surface area (Å²) in [5, 5.41) is 8.54. The maximum Gasteiger partial charge on any atom is 0.337 e. The highest BCUT2D eigenvalue weighted by Crippen LogP contribution is 2.35. The van der Waals surface area contributed by atoms with Crippen LogP contribution in [0.4, 0.5) is 0 Å². The summed E-state index contributed by atoms with van der Waals surface area (Å²) in [6.07, 6.45) is 1.24. The molecule has 0 bridgehead atoms. The fourth-order valence-corrected chi connectivity index (χ4v) is 3.85. The molecular formula is C10H9BrO4S. The Hall–Kier alpha value is -0.880. The van der Waals surface area contributed by atoms with Crippen LogP contribution in [0.2, 0.25) is 0 Å². The van der Waals surface area contributed by atoms with Gasteiger partial charge in [-0.2, -0.15) is 0 Å². The number of carboxylic acid groups (broad SMARTS) is 1. The minimum Gasteiger partial charge on any atom is -0.478 e. The van der Waals surface area contributed by atoms with Gasteiger partial charge in [0.1, 0.15) is 0 Å². The lowest BCUT2D eigenvalue weighted by Crippen LogP contribution is -2.12. The van der Waals surface area contributed by atoms with Crippen LogP contribution in [0.15, 0.2) is 27.6 Å². The number of aromatic carboxylic acids is 1. The van der Waals surface area contributed by atoms with Crippen LogP contribution in [0.25, 0.3) is 0 Å². The fourth-order valence-electron chi connectivity index (χ4n) is 1.47. The zero-order chi connectivity index (χ0) is 11.9. The Labute approximate surface area is 101 Å². The molecule has 0 spiro atoms. The Kier molecular flexibility index (Phi) is 2.79. The molecule has 16 heavy (non-hydrogen) atoms. The number of rotatable bonds is 3. The van der Waals surface area contributed by atoms with E-state index in [1.165, 1.54) is 18.2 Å². The highest BCUT2D eigenvalue weighted by atomic mass is 79.9. The smallest absolute Gasteiger partial charge is 0.337 e. The predicted octanol–water partition coefficient (Wildman–Crippen LogP) is 2.08. The van der Waals surface area contributed by atoms with Crippen LogP contribution in [-0.4, -0.2) is 24.7 Å². The first-order valence-corrected chi connectivity index (χ1v) is 7.03. The van der Waals surface area contributed by atoms with Crippen molar-refractivity contribution in [3.8, 4) is 0 Å². The van der Waals surface area contributed by atoms with Gasteiger partial charge in [0.05, 0.1) is 15.7 Å². The Balaban J connectivity index is 2.62. The van der Waals surface area contributed by atoms with E-state index in [4.69, 9.17) is 5.11 Å². The van der Waals surface area contributed by atoms with E-state index < -0.39 is 21.1 Å². The number of halogens is 1. The molecule has 0 atom stereocenters. The third kappa shape index (κ3) is 1.99. The molecular weight excluding hydrogens is 296 g/mol. The Morgan fingerprint density at radius 1 is 1.38 bits per heavy atom. The standard InChI is InChI=1S/C10H9BrO4S/c11-6-1-4-8(10(12)13)9(5-6)16(14,15)7-2-3-7/h1,4-5,7H,2-3H2,(H,12,13). The van der Waals surface area contributed by atoms with Gasteiger partial charge in [-0.3, -0.25) is 0 Å². The Morgan fingerprint density at radius 2 is 2.00 bits per heavy atom. The molecule has 1 N–H and O–H groups in total. The quantitative estimate of drug-likeness (QED) is 0.928. The van der Waals surface area contributed by atoms with Crippen molar-refractivity contribution >= 4 is 31.7 Å². The molecule has 0 amide bonds. The lowest BCUT2D eigenvalue weighted by Gasteiger charge is -2.07. The molecule has 1 fully saturated rings. The highest BCUT2D eigenvalue weighted by Gasteiger charge is 2.39. The van der Waals surface area contributed by atoms with E-state index >= 15 is 0 Å². The van der Waals surface area contributed by atoms with E-state index in [0.29, 0.717) is 17.3 Å². The van der Waals surface area contributed by atoms with E-state index in [1.807, 2.05) is 0 Å². The zero-order valence-corrected chi connectivity index (χ0v) is 10.6. The monoisotopic (exact) mass is 304 g/mol.